The summed E-state index contributed by atoms with van der Waals surface area (Å²) in [7, 11) is -1.28. The van der Waals surface area contributed by atoms with Crippen molar-refractivity contribution in [1.82, 2.24) is 0 Å². The van der Waals surface area contributed by atoms with Crippen LogP contribution in [-0.4, -0.2) is 32.3 Å². The monoisotopic (exact) mass is 215 g/mol. The quantitative estimate of drug-likeness (QED) is 0.590. The molecular weight excluding hydrogens is 200 g/mol. The van der Waals surface area contributed by atoms with E-state index in [-0.39, 0.29) is 23.9 Å². The first kappa shape index (κ1) is 7.53. The van der Waals surface area contributed by atoms with Crippen LogP contribution in [0.2, 0.25) is 0 Å². The van der Waals surface area contributed by atoms with Crippen molar-refractivity contribution in [2.45, 2.75) is 0 Å². The third-order valence-corrected chi connectivity index (χ3v) is 1.66. The van der Waals surface area contributed by atoms with Gasteiger partial charge >= 0.3 is 0 Å². The van der Waals surface area contributed by atoms with Crippen molar-refractivity contribution in [3.05, 3.63) is 17.7 Å². The van der Waals surface area contributed by atoms with Crippen molar-refractivity contribution < 1.29 is 28.2 Å². The van der Waals surface area contributed by atoms with Gasteiger partial charge in [-0.2, -0.15) is 0 Å². The first-order valence-electron chi connectivity index (χ1n) is 5.50. The Labute approximate surface area is 91.4 Å². The van der Waals surface area contributed by atoms with Gasteiger partial charge < -0.3 is 19.3 Å². The number of ether oxygens (including phenoxy) is 3. The van der Waals surface area contributed by atoms with E-state index in [1.165, 1.54) is 13.2 Å². The van der Waals surface area contributed by atoms with Crippen LogP contribution in [0.5, 0.6) is 17.2 Å². The van der Waals surface area contributed by atoms with Gasteiger partial charge in [-0.15, -0.1) is 0 Å². The van der Waals surface area contributed by atoms with E-state index in [2.05, 4.69) is 9.47 Å². The van der Waals surface area contributed by atoms with Crippen LogP contribution >= 0.6 is 0 Å². The minimum Gasteiger partial charge on any atom is -0.507 e. The van der Waals surface area contributed by atoms with Gasteiger partial charge in [-0.25, -0.2) is 0 Å². The Hall–Kier alpha value is -1.75. The Balaban J connectivity index is 3.09. The zero-order chi connectivity index (χ0) is 13.8. The molecule has 5 nitrogen and oxygen atoms in total. The van der Waals surface area contributed by atoms with Crippen molar-refractivity contribution in [1.29, 1.82) is 0 Å². The number of hydrogen-bond acceptors (Lipinski definition) is 5. The molecule has 0 aliphatic carbocycles. The molecule has 0 fully saturated rings. The standard InChI is InChI=1S/C10H12O5/c1-13-6-15-10-4-7(14-2)3-9(12)8(10)5-11/h3-5,12H,6H2,1-2H3/i2D3. The molecule has 0 amide bonds. The summed E-state index contributed by atoms with van der Waals surface area (Å²) in [6.45, 7) is -0.155. The van der Waals surface area contributed by atoms with Gasteiger partial charge in [-0.3, -0.25) is 4.79 Å². The van der Waals surface area contributed by atoms with Crippen molar-refractivity contribution in [3.63, 3.8) is 0 Å². The van der Waals surface area contributed by atoms with E-state index >= 15 is 0 Å². The number of phenolic OH excluding ortho intramolecular Hbond substituents is 1. The fourth-order valence-electron chi connectivity index (χ4n) is 1.01. The lowest BCUT2D eigenvalue weighted by Crippen LogP contribution is -2.02. The lowest BCUT2D eigenvalue weighted by atomic mass is 10.2. The fraction of sp³-hybridized carbons (Fsp3) is 0.300. The number of benzene rings is 1. The predicted molar refractivity (Wildman–Crippen MR) is 52.6 cm³/mol. The van der Waals surface area contributed by atoms with Crippen LogP contribution in [0.3, 0.4) is 0 Å². The molecule has 5 heteroatoms. The van der Waals surface area contributed by atoms with E-state index in [4.69, 9.17) is 8.85 Å². The van der Waals surface area contributed by atoms with Crippen molar-refractivity contribution in [2.24, 2.45) is 0 Å². The molecule has 0 aromatic heterocycles. The first-order valence-corrected chi connectivity index (χ1v) is 4.00. The second-order valence-corrected chi connectivity index (χ2v) is 2.62. The lowest BCUT2D eigenvalue weighted by Gasteiger charge is -2.10. The molecule has 0 saturated heterocycles. The second-order valence-electron chi connectivity index (χ2n) is 2.62. The van der Waals surface area contributed by atoms with E-state index < -0.39 is 12.8 Å². The van der Waals surface area contributed by atoms with Gasteiger partial charge in [0.15, 0.2) is 13.1 Å². The summed E-state index contributed by atoms with van der Waals surface area (Å²) in [5.74, 6) is -0.590. The van der Waals surface area contributed by atoms with Crippen molar-refractivity contribution in [3.8, 4) is 17.2 Å². The summed E-state index contributed by atoms with van der Waals surface area (Å²) in [5, 5.41) is 9.55. The van der Waals surface area contributed by atoms with Crippen LogP contribution in [0.15, 0.2) is 12.1 Å². The van der Waals surface area contributed by atoms with E-state index in [1.807, 2.05) is 0 Å². The van der Waals surface area contributed by atoms with Crippen molar-refractivity contribution in [2.75, 3.05) is 20.9 Å². The number of aldehydes is 1. The number of carbonyl (C=O) groups excluding carboxylic acids is 1. The molecule has 1 aromatic rings. The Kier molecular flexibility index (Phi) is 2.62. The summed E-state index contributed by atoms with van der Waals surface area (Å²) in [6.07, 6.45) is 0.388. The van der Waals surface area contributed by atoms with Crippen LogP contribution in [0, 0.1) is 0 Å². The summed E-state index contributed by atoms with van der Waals surface area (Å²) >= 11 is 0. The number of rotatable bonds is 5. The highest BCUT2D eigenvalue weighted by Crippen LogP contribution is 2.31. The van der Waals surface area contributed by atoms with Gasteiger partial charge in [-0.05, 0) is 0 Å². The number of hydrogen-bond donors (Lipinski definition) is 1. The molecule has 0 unspecified atom stereocenters. The highest BCUT2D eigenvalue weighted by molar-refractivity contribution is 5.84. The Morgan fingerprint density at radius 3 is 3.00 bits per heavy atom. The zero-order valence-electron chi connectivity index (χ0n) is 11.0. The summed E-state index contributed by atoms with van der Waals surface area (Å²) in [5.41, 5.74) is -0.107. The van der Waals surface area contributed by atoms with Crippen LogP contribution < -0.4 is 9.47 Å². The Bertz CT molecular complexity index is 430. The van der Waals surface area contributed by atoms with Gasteiger partial charge in [0.2, 0.25) is 0 Å². The largest absolute Gasteiger partial charge is 0.507 e. The molecule has 0 heterocycles. The summed E-state index contributed by atoms with van der Waals surface area (Å²) in [6, 6.07) is 2.21. The summed E-state index contributed by atoms with van der Waals surface area (Å²) < 4.78 is 35.1. The van der Waals surface area contributed by atoms with Crippen molar-refractivity contribution >= 4 is 6.29 Å². The average molecular weight is 215 g/mol. The first-order chi connectivity index (χ1) is 8.37. The minimum absolute atomic E-state index is 0.0221. The molecule has 1 aromatic carbocycles. The average Bonchev–Trinajstić information content (AvgIpc) is 2.23. The fourth-order valence-corrected chi connectivity index (χ4v) is 1.01. The molecule has 1 N–H and O–H groups in total. The zero-order valence-corrected chi connectivity index (χ0v) is 8.02. The molecule has 0 atom stereocenters. The van der Waals surface area contributed by atoms with Crippen LogP contribution in [0.25, 0.3) is 0 Å². The molecule has 0 aliphatic rings. The van der Waals surface area contributed by atoms with Gasteiger partial charge in [0.25, 0.3) is 0 Å². The van der Waals surface area contributed by atoms with Crippen LogP contribution in [0.4, 0.5) is 0 Å². The molecule has 15 heavy (non-hydrogen) atoms. The van der Waals surface area contributed by atoms with Gasteiger partial charge in [0.1, 0.15) is 17.2 Å². The maximum atomic E-state index is 10.8. The Morgan fingerprint density at radius 1 is 1.60 bits per heavy atom. The van der Waals surface area contributed by atoms with Gasteiger partial charge in [-0.1, -0.05) is 0 Å². The smallest absolute Gasteiger partial charge is 0.188 e. The highest BCUT2D eigenvalue weighted by atomic mass is 16.7. The number of methoxy groups -OCH3 is 2. The topological polar surface area (TPSA) is 65.0 Å². The molecule has 0 saturated carbocycles. The van der Waals surface area contributed by atoms with E-state index in [0.717, 1.165) is 6.07 Å². The molecule has 82 valence electrons. The summed E-state index contributed by atoms with van der Waals surface area (Å²) in [4.78, 5) is 10.8. The van der Waals surface area contributed by atoms with Gasteiger partial charge in [0.05, 0.1) is 16.7 Å². The molecule has 0 spiro atoms. The molecule has 0 radical (unpaired) electrons. The third-order valence-electron chi connectivity index (χ3n) is 1.66. The van der Waals surface area contributed by atoms with E-state index in [9.17, 15) is 9.90 Å². The van der Waals surface area contributed by atoms with E-state index in [0.29, 0.717) is 6.29 Å². The predicted octanol–water partition coefficient (Wildman–Crippen LogP) is 1.20. The molecule has 1 rings (SSSR count). The van der Waals surface area contributed by atoms with Crippen LogP contribution in [-0.2, 0) is 4.74 Å². The lowest BCUT2D eigenvalue weighted by molar-refractivity contribution is 0.0502. The molecule has 0 aliphatic heterocycles. The van der Waals surface area contributed by atoms with Gasteiger partial charge in [0, 0.05) is 19.2 Å². The molecular formula is C10H12O5. The highest BCUT2D eigenvalue weighted by Gasteiger charge is 2.11. The maximum Gasteiger partial charge on any atom is 0.188 e. The second kappa shape index (κ2) is 5.21. The third kappa shape index (κ3) is 2.60. The molecule has 0 bridgehead atoms. The maximum absolute atomic E-state index is 10.8. The SMILES string of the molecule is [2H]C([2H])([2H])Oc1cc(O)c(C=O)c(OCOC)c1. The Morgan fingerprint density at radius 2 is 2.40 bits per heavy atom. The number of phenols is 1. The van der Waals surface area contributed by atoms with E-state index in [1.54, 1.807) is 0 Å². The minimum atomic E-state index is -2.66. The van der Waals surface area contributed by atoms with Crippen LogP contribution in [0.1, 0.15) is 14.5 Å². The number of carbonyl (C=O) groups is 1. The normalized spacial score (nSPS) is 13.5. The number of aromatic hydroxyl groups is 1.